The molecular formula is C23H25FN2S. The molecule has 0 radical (unpaired) electrons. The second-order valence-corrected chi connectivity index (χ2v) is 8.09. The molecular weight excluding hydrogens is 355 g/mol. The van der Waals surface area contributed by atoms with Gasteiger partial charge in [0.1, 0.15) is 16.5 Å². The van der Waals surface area contributed by atoms with Gasteiger partial charge in [0.25, 0.3) is 0 Å². The molecule has 0 spiro atoms. The third-order valence-corrected chi connectivity index (χ3v) is 6.24. The molecule has 1 aromatic heterocycles. The van der Waals surface area contributed by atoms with Gasteiger partial charge in [0.2, 0.25) is 0 Å². The molecule has 27 heavy (non-hydrogen) atoms. The van der Waals surface area contributed by atoms with Gasteiger partial charge in [0.15, 0.2) is 0 Å². The number of hydrogen-bond donors (Lipinski definition) is 0. The van der Waals surface area contributed by atoms with Gasteiger partial charge in [0.05, 0.1) is 0 Å². The van der Waals surface area contributed by atoms with E-state index in [1.165, 1.54) is 49.3 Å². The van der Waals surface area contributed by atoms with E-state index < -0.39 is 0 Å². The number of thioether (sulfide) groups is 1. The SMILES string of the molecule is CSc1c(-c2ccccc2)c(-c2ccc(F)cc2)nn1CC1CCCCC1. The summed E-state index contributed by atoms with van der Waals surface area (Å²) in [4.78, 5) is 0. The first-order valence-corrected chi connectivity index (χ1v) is 10.9. The van der Waals surface area contributed by atoms with Gasteiger partial charge < -0.3 is 0 Å². The van der Waals surface area contributed by atoms with Gasteiger partial charge in [-0.1, -0.05) is 49.6 Å². The van der Waals surface area contributed by atoms with Gasteiger partial charge in [-0.15, -0.1) is 11.8 Å². The molecule has 1 saturated carbocycles. The Labute approximate surface area is 164 Å². The zero-order valence-corrected chi connectivity index (χ0v) is 16.5. The van der Waals surface area contributed by atoms with E-state index in [9.17, 15) is 4.39 Å². The van der Waals surface area contributed by atoms with Crippen LogP contribution >= 0.6 is 11.8 Å². The van der Waals surface area contributed by atoms with Crippen molar-refractivity contribution in [3.8, 4) is 22.4 Å². The highest BCUT2D eigenvalue weighted by atomic mass is 32.2. The van der Waals surface area contributed by atoms with Crippen molar-refractivity contribution in [2.75, 3.05) is 6.26 Å². The Morgan fingerprint density at radius 1 is 0.963 bits per heavy atom. The molecule has 0 bridgehead atoms. The third-order valence-electron chi connectivity index (χ3n) is 5.44. The first-order valence-electron chi connectivity index (χ1n) is 9.72. The predicted octanol–water partition coefficient (Wildman–Crippen LogP) is 6.66. The fourth-order valence-corrected chi connectivity index (χ4v) is 4.81. The molecule has 4 rings (SSSR count). The highest BCUT2D eigenvalue weighted by Crippen LogP contribution is 2.39. The summed E-state index contributed by atoms with van der Waals surface area (Å²) in [6, 6.07) is 17.1. The maximum atomic E-state index is 13.5. The average molecular weight is 381 g/mol. The van der Waals surface area contributed by atoms with Crippen molar-refractivity contribution < 1.29 is 4.39 Å². The van der Waals surface area contributed by atoms with Crippen molar-refractivity contribution in [1.29, 1.82) is 0 Å². The fourth-order valence-electron chi connectivity index (χ4n) is 4.07. The van der Waals surface area contributed by atoms with Crippen LogP contribution in [0, 0.1) is 11.7 Å². The van der Waals surface area contributed by atoms with Gasteiger partial charge >= 0.3 is 0 Å². The molecule has 1 aliphatic rings. The van der Waals surface area contributed by atoms with Crippen LogP contribution in [-0.4, -0.2) is 16.0 Å². The Balaban J connectivity index is 1.81. The van der Waals surface area contributed by atoms with Crippen LogP contribution in [0.4, 0.5) is 4.39 Å². The molecule has 0 amide bonds. The highest BCUT2D eigenvalue weighted by molar-refractivity contribution is 7.98. The molecule has 2 aromatic carbocycles. The summed E-state index contributed by atoms with van der Waals surface area (Å²) in [5.74, 6) is 0.487. The fraction of sp³-hybridized carbons (Fsp3) is 0.348. The lowest BCUT2D eigenvalue weighted by Crippen LogP contribution is -2.15. The topological polar surface area (TPSA) is 17.8 Å². The number of hydrogen-bond acceptors (Lipinski definition) is 2. The largest absolute Gasteiger partial charge is 0.258 e. The highest BCUT2D eigenvalue weighted by Gasteiger charge is 2.23. The van der Waals surface area contributed by atoms with E-state index >= 15 is 0 Å². The average Bonchev–Trinajstić information content (AvgIpc) is 3.08. The van der Waals surface area contributed by atoms with E-state index in [1.54, 1.807) is 11.8 Å². The second-order valence-electron chi connectivity index (χ2n) is 7.29. The number of nitrogens with zero attached hydrogens (tertiary/aromatic N) is 2. The molecule has 0 N–H and O–H groups in total. The minimum atomic E-state index is -0.216. The zero-order chi connectivity index (χ0) is 18.6. The van der Waals surface area contributed by atoms with E-state index in [0.717, 1.165) is 28.9 Å². The van der Waals surface area contributed by atoms with Gasteiger partial charge in [-0.2, -0.15) is 5.10 Å². The predicted molar refractivity (Wildman–Crippen MR) is 111 cm³/mol. The summed E-state index contributed by atoms with van der Waals surface area (Å²) in [5.41, 5.74) is 4.23. The lowest BCUT2D eigenvalue weighted by atomic mass is 9.89. The molecule has 0 atom stereocenters. The van der Waals surface area contributed by atoms with Gasteiger partial charge in [-0.3, -0.25) is 4.68 Å². The minimum absolute atomic E-state index is 0.216. The number of halogens is 1. The maximum Gasteiger partial charge on any atom is 0.123 e. The molecule has 1 heterocycles. The van der Waals surface area contributed by atoms with Crippen LogP contribution in [0.25, 0.3) is 22.4 Å². The smallest absolute Gasteiger partial charge is 0.123 e. The normalized spacial score (nSPS) is 15.2. The Morgan fingerprint density at radius 2 is 1.67 bits per heavy atom. The molecule has 4 heteroatoms. The standard InChI is InChI=1S/C23H25FN2S/c1-27-23-21(18-10-6-3-7-11-18)22(19-12-14-20(24)15-13-19)25-26(23)16-17-8-4-2-5-9-17/h3,6-7,10-15,17H,2,4-5,8-9,16H2,1H3. The van der Waals surface area contributed by atoms with Gasteiger partial charge in [0, 0.05) is 17.7 Å². The lowest BCUT2D eigenvalue weighted by molar-refractivity contribution is 0.300. The summed E-state index contributed by atoms with van der Waals surface area (Å²) in [7, 11) is 0. The van der Waals surface area contributed by atoms with E-state index in [4.69, 9.17) is 5.10 Å². The monoisotopic (exact) mass is 380 g/mol. The Bertz CT molecular complexity index is 881. The van der Waals surface area contributed by atoms with Crippen LogP contribution in [0.1, 0.15) is 32.1 Å². The number of rotatable bonds is 5. The molecule has 0 saturated heterocycles. The molecule has 1 fully saturated rings. The van der Waals surface area contributed by atoms with Crippen LogP contribution < -0.4 is 0 Å². The van der Waals surface area contributed by atoms with Crippen molar-refractivity contribution in [3.63, 3.8) is 0 Å². The van der Waals surface area contributed by atoms with E-state index in [1.807, 2.05) is 18.2 Å². The van der Waals surface area contributed by atoms with Crippen molar-refractivity contribution in [3.05, 3.63) is 60.4 Å². The van der Waals surface area contributed by atoms with Crippen LogP contribution in [0.2, 0.25) is 0 Å². The van der Waals surface area contributed by atoms with E-state index in [0.29, 0.717) is 5.92 Å². The lowest BCUT2D eigenvalue weighted by Gasteiger charge is -2.22. The summed E-state index contributed by atoms with van der Waals surface area (Å²) < 4.78 is 15.7. The Hall–Kier alpha value is -2.07. The first kappa shape index (κ1) is 18.3. The molecule has 3 aromatic rings. The summed E-state index contributed by atoms with van der Waals surface area (Å²) in [5, 5.41) is 6.22. The van der Waals surface area contributed by atoms with Crippen molar-refractivity contribution in [2.24, 2.45) is 5.92 Å². The summed E-state index contributed by atoms with van der Waals surface area (Å²) in [6.45, 7) is 0.969. The third kappa shape index (κ3) is 3.96. The molecule has 0 unspecified atom stereocenters. The van der Waals surface area contributed by atoms with E-state index in [-0.39, 0.29) is 5.82 Å². The minimum Gasteiger partial charge on any atom is -0.258 e. The second kappa shape index (κ2) is 8.30. The van der Waals surface area contributed by atoms with Crippen LogP contribution in [0.3, 0.4) is 0 Å². The maximum absolute atomic E-state index is 13.5. The van der Waals surface area contributed by atoms with Gasteiger partial charge in [-0.25, -0.2) is 4.39 Å². The van der Waals surface area contributed by atoms with Crippen LogP contribution in [-0.2, 0) is 6.54 Å². The summed E-state index contributed by atoms with van der Waals surface area (Å²) >= 11 is 1.75. The summed E-state index contributed by atoms with van der Waals surface area (Å²) in [6.07, 6.45) is 8.73. The van der Waals surface area contributed by atoms with Crippen LogP contribution in [0.15, 0.2) is 59.6 Å². The van der Waals surface area contributed by atoms with Crippen LogP contribution in [0.5, 0.6) is 0 Å². The first-order chi connectivity index (χ1) is 13.3. The number of aromatic nitrogens is 2. The quantitative estimate of drug-likeness (QED) is 0.461. The zero-order valence-electron chi connectivity index (χ0n) is 15.7. The van der Waals surface area contributed by atoms with Crippen molar-refractivity contribution in [1.82, 2.24) is 9.78 Å². The molecule has 1 aliphatic carbocycles. The Morgan fingerprint density at radius 3 is 2.33 bits per heavy atom. The molecule has 2 nitrogen and oxygen atoms in total. The van der Waals surface area contributed by atoms with Crippen molar-refractivity contribution >= 4 is 11.8 Å². The molecule has 140 valence electrons. The molecule has 0 aliphatic heterocycles. The van der Waals surface area contributed by atoms with E-state index in [2.05, 4.69) is 35.2 Å². The van der Waals surface area contributed by atoms with Crippen molar-refractivity contribution in [2.45, 2.75) is 43.7 Å². The van der Waals surface area contributed by atoms with Gasteiger partial charge in [-0.05, 0) is 54.8 Å². The number of benzene rings is 2. The Kier molecular flexibility index (Phi) is 5.63.